The van der Waals surface area contributed by atoms with Gasteiger partial charge in [-0.3, -0.25) is 0 Å². The summed E-state index contributed by atoms with van der Waals surface area (Å²) in [5, 5.41) is 3.92. The minimum absolute atomic E-state index is 0.0813. The predicted octanol–water partition coefficient (Wildman–Crippen LogP) is 3.61. The summed E-state index contributed by atoms with van der Waals surface area (Å²) in [6.45, 7) is -0.113. The lowest BCUT2D eigenvalue weighted by Gasteiger charge is -2.04. The minimum atomic E-state index is -0.794. The molecule has 0 atom stereocenters. The third-order valence-corrected chi connectivity index (χ3v) is 3.90. The molecule has 7 nitrogen and oxygen atoms in total. The highest BCUT2D eigenvalue weighted by Gasteiger charge is 2.18. The molecule has 1 aliphatic rings. The number of hydrogen-bond acceptors (Lipinski definition) is 7. The van der Waals surface area contributed by atoms with E-state index >= 15 is 0 Å². The van der Waals surface area contributed by atoms with E-state index in [0.717, 1.165) is 12.1 Å². The second-order valence-electron chi connectivity index (χ2n) is 5.28. The van der Waals surface area contributed by atoms with Crippen molar-refractivity contribution in [1.82, 2.24) is 10.1 Å². The smallest absolute Gasteiger partial charge is 0.340 e. The van der Waals surface area contributed by atoms with Gasteiger partial charge < -0.3 is 18.7 Å². The maximum Gasteiger partial charge on any atom is 0.340 e. The van der Waals surface area contributed by atoms with Gasteiger partial charge in [-0.2, -0.15) is 4.98 Å². The average molecular weight is 377 g/mol. The number of esters is 1. The maximum atomic E-state index is 13.2. The highest BCUT2D eigenvalue weighted by atomic mass is 35.5. The van der Waals surface area contributed by atoms with Crippen LogP contribution in [0.15, 0.2) is 40.9 Å². The van der Waals surface area contributed by atoms with Crippen LogP contribution < -0.4 is 9.47 Å². The fraction of sp³-hybridized carbons (Fsp3) is 0.118. The van der Waals surface area contributed by atoms with Crippen molar-refractivity contribution < 1.29 is 27.9 Å². The Labute approximate surface area is 151 Å². The van der Waals surface area contributed by atoms with Crippen molar-refractivity contribution in [2.45, 2.75) is 6.61 Å². The number of halogens is 2. The van der Waals surface area contributed by atoms with Crippen molar-refractivity contribution in [1.29, 1.82) is 0 Å². The van der Waals surface area contributed by atoms with Crippen LogP contribution in [0.1, 0.15) is 16.2 Å². The lowest BCUT2D eigenvalue weighted by Crippen LogP contribution is -2.06. The quantitative estimate of drug-likeness (QED) is 0.643. The molecule has 132 valence electrons. The molecule has 2 heterocycles. The van der Waals surface area contributed by atoms with Gasteiger partial charge in [0.15, 0.2) is 18.1 Å². The molecule has 26 heavy (non-hydrogen) atoms. The fourth-order valence-corrected chi connectivity index (χ4v) is 2.52. The molecule has 0 saturated carbocycles. The second-order valence-corrected chi connectivity index (χ2v) is 5.69. The molecule has 9 heteroatoms. The normalized spacial score (nSPS) is 12.2. The molecule has 0 saturated heterocycles. The van der Waals surface area contributed by atoms with Gasteiger partial charge >= 0.3 is 5.97 Å². The van der Waals surface area contributed by atoms with Crippen LogP contribution in [0.2, 0.25) is 5.02 Å². The summed E-state index contributed by atoms with van der Waals surface area (Å²) < 4.78 is 33.9. The number of ether oxygens (including phenoxy) is 3. The average Bonchev–Trinajstić information content (AvgIpc) is 3.30. The van der Waals surface area contributed by atoms with Crippen molar-refractivity contribution in [3.63, 3.8) is 0 Å². The van der Waals surface area contributed by atoms with E-state index in [1.54, 1.807) is 18.2 Å². The van der Waals surface area contributed by atoms with E-state index in [-0.39, 0.29) is 29.9 Å². The van der Waals surface area contributed by atoms with Gasteiger partial charge in [-0.05, 0) is 36.4 Å². The van der Waals surface area contributed by atoms with Crippen LogP contribution in [0.5, 0.6) is 11.5 Å². The van der Waals surface area contributed by atoms with Gasteiger partial charge in [0.2, 0.25) is 12.6 Å². The van der Waals surface area contributed by atoms with E-state index in [1.807, 2.05) is 0 Å². The Hall–Kier alpha value is -3.13. The van der Waals surface area contributed by atoms with E-state index in [0.29, 0.717) is 22.9 Å². The van der Waals surface area contributed by atoms with E-state index in [9.17, 15) is 9.18 Å². The first-order chi connectivity index (χ1) is 12.6. The number of carbonyl (C=O) groups is 1. The van der Waals surface area contributed by atoms with E-state index in [2.05, 4.69) is 10.1 Å². The molecule has 0 amide bonds. The van der Waals surface area contributed by atoms with E-state index in [1.165, 1.54) is 6.07 Å². The predicted molar refractivity (Wildman–Crippen MR) is 86.4 cm³/mol. The largest absolute Gasteiger partial charge is 0.454 e. The monoisotopic (exact) mass is 376 g/mol. The Bertz CT molecular complexity index is 991. The van der Waals surface area contributed by atoms with Crippen LogP contribution in [-0.2, 0) is 11.3 Å². The van der Waals surface area contributed by atoms with Crippen molar-refractivity contribution >= 4 is 17.6 Å². The van der Waals surface area contributed by atoms with Crippen LogP contribution in [-0.4, -0.2) is 22.9 Å². The van der Waals surface area contributed by atoms with Gasteiger partial charge in [0.25, 0.3) is 5.89 Å². The molecule has 2 aromatic carbocycles. The molecule has 0 N–H and O–H groups in total. The zero-order chi connectivity index (χ0) is 18.1. The summed E-state index contributed by atoms with van der Waals surface area (Å²) in [5.74, 6) is 0.220. The Morgan fingerprint density at radius 1 is 1.19 bits per heavy atom. The van der Waals surface area contributed by atoms with Gasteiger partial charge in [0.1, 0.15) is 5.82 Å². The SMILES string of the molecule is O=C(OCc1nc(-c2ccc3c(c2)OCO3)no1)c1cc(F)ccc1Cl. The van der Waals surface area contributed by atoms with Crippen molar-refractivity contribution in [3.8, 4) is 22.9 Å². The summed E-state index contributed by atoms with van der Waals surface area (Å²) in [5.41, 5.74) is 0.575. The maximum absolute atomic E-state index is 13.2. The Kier molecular flexibility index (Phi) is 4.18. The number of carbonyl (C=O) groups excluding carboxylic acids is 1. The molecular formula is C17H10ClFN2O5. The molecule has 3 aromatic rings. The molecule has 0 fully saturated rings. The van der Waals surface area contributed by atoms with Crippen molar-refractivity contribution in [2.75, 3.05) is 6.79 Å². The number of hydrogen-bond donors (Lipinski definition) is 0. The summed E-state index contributed by atoms with van der Waals surface area (Å²) in [7, 11) is 0. The molecule has 0 spiro atoms. The van der Waals surface area contributed by atoms with Crippen molar-refractivity contribution in [2.24, 2.45) is 0 Å². The molecular weight excluding hydrogens is 367 g/mol. The lowest BCUT2D eigenvalue weighted by molar-refractivity contribution is 0.0429. The summed E-state index contributed by atoms with van der Waals surface area (Å²) in [6, 6.07) is 8.62. The molecule has 0 aliphatic carbocycles. The highest BCUT2D eigenvalue weighted by Crippen LogP contribution is 2.35. The van der Waals surface area contributed by atoms with Gasteiger partial charge in [-0.25, -0.2) is 9.18 Å². The van der Waals surface area contributed by atoms with Crippen LogP contribution in [0, 0.1) is 5.82 Å². The first-order valence-electron chi connectivity index (χ1n) is 7.45. The topological polar surface area (TPSA) is 83.7 Å². The number of benzene rings is 2. The van der Waals surface area contributed by atoms with Crippen LogP contribution in [0.3, 0.4) is 0 Å². The first kappa shape index (κ1) is 16.3. The van der Waals surface area contributed by atoms with Gasteiger partial charge in [0.05, 0.1) is 10.6 Å². The summed E-state index contributed by atoms with van der Waals surface area (Å²) in [4.78, 5) is 16.2. The summed E-state index contributed by atoms with van der Waals surface area (Å²) in [6.07, 6.45) is 0. The van der Waals surface area contributed by atoms with Crippen molar-refractivity contribution in [3.05, 3.63) is 58.7 Å². The third kappa shape index (κ3) is 3.18. The number of aromatic nitrogens is 2. The van der Waals surface area contributed by atoms with Gasteiger partial charge in [0, 0.05) is 5.56 Å². The number of fused-ring (bicyclic) bond motifs is 1. The highest BCUT2D eigenvalue weighted by molar-refractivity contribution is 6.33. The summed E-state index contributed by atoms with van der Waals surface area (Å²) >= 11 is 5.86. The number of rotatable bonds is 4. The molecule has 0 radical (unpaired) electrons. The van der Waals surface area contributed by atoms with E-state index < -0.39 is 11.8 Å². The zero-order valence-electron chi connectivity index (χ0n) is 13.1. The molecule has 1 aliphatic heterocycles. The Morgan fingerprint density at radius 3 is 2.92 bits per heavy atom. The third-order valence-electron chi connectivity index (χ3n) is 3.57. The Balaban J connectivity index is 1.45. The fourth-order valence-electron chi connectivity index (χ4n) is 2.33. The van der Waals surface area contributed by atoms with E-state index in [4.69, 9.17) is 30.3 Å². The molecule has 1 aromatic heterocycles. The lowest BCUT2D eigenvalue weighted by atomic mass is 10.2. The van der Waals surface area contributed by atoms with Crippen LogP contribution in [0.4, 0.5) is 4.39 Å². The van der Waals surface area contributed by atoms with Gasteiger partial charge in [-0.15, -0.1) is 0 Å². The Morgan fingerprint density at radius 2 is 2.04 bits per heavy atom. The second kappa shape index (κ2) is 6.64. The van der Waals surface area contributed by atoms with Crippen LogP contribution >= 0.6 is 11.6 Å². The van der Waals surface area contributed by atoms with Crippen LogP contribution in [0.25, 0.3) is 11.4 Å². The minimum Gasteiger partial charge on any atom is -0.454 e. The molecule has 0 unspecified atom stereocenters. The van der Waals surface area contributed by atoms with Gasteiger partial charge in [-0.1, -0.05) is 16.8 Å². The first-order valence-corrected chi connectivity index (χ1v) is 7.83. The molecule has 0 bridgehead atoms. The number of nitrogens with zero attached hydrogens (tertiary/aromatic N) is 2. The molecule has 4 rings (SSSR count). The zero-order valence-corrected chi connectivity index (χ0v) is 13.8. The standard InChI is InChI=1S/C17H10ClFN2O5/c18-12-3-2-10(19)6-11(12)17(22)23-7-15-20-16(21-26-15)9-1-4-13-14(5-9)25-8-24-13/h1-6H,7-8H2.